The van der Waals surface area contributed by atoms with Crippen LogP contribution in [-0.4, -0.2) is 48.8 Å². The fraction of sp³-hybridized carbons (Fsp3) is 0.586. The van der Waals surface area contributed by atoms with Crippen molar-refractivity contribution in [2.24, 2.45) is 17.3 Å². The Bertz CT molecular complexity index is 963. The lowest BCUT2D eigenvalue weighted by Crippen LogP contribution is -2.42. The van der Waals surface area contributed by atoms with Gasteiger partial charge in [-0.05, 0) is 90.9 Å². The van der Waals surface area contributed by atoms with E-state index in [1.807, 2.05) is 0 Å². The molecule has 0 atom stereocenters. The molecule has 0 amide bonds. The molecule has 2 fully saturated rings. The molecule has 0 spiro atoms. The minimum Gasteiger partial charge on any atom is -0.394 e. The highest BCUT2D eigenvalue weighted by Gasteiger charge is 2.46. The monoisotopic (exact) mass is 450 g/mol. The maximum absolute atomic E-state index is 9.13. The van der Waals surface area contributed by atoms with Gasteiger partial charge in [0.1, 0.15) is 0 Å². The first-order chi connectivity index (χ1) is 16.2. The van der Waals surface area contributed by atoms with E-state index in [0.717, 1.165) is 25.7 Å². The van der Waals surface area contributed by atoms with Gasteiger partial charge in [-0.1, -0.05) is 42.5 Å². The first-order valence-corrected chi connectivity index (χ1v) is 12.9. The van der Waals surface area contributed by atoms with E-state index in [1.165, 1.54) is 47.3 Å². The topological polar surface area (TPSA) is 58.9 Å². The Morgan fingerprint density at radius 3 is 1.94 bits per heavy atom. The lowest BCUT2D eigenvalue weighted by molar-refractivity contribution is -0.0295. The standard InChI is InChI=1S/C29H38O4/c30-15-17-32-25-9-5-23(6-10-25)29(24-7-11-26(12-8-24)33-18-16-31)14-13-28-22(20-29)19-21-3-1-2-4-27(21)28/h1-4,13-14,19-20,23-26,30-31H,5-12,15-18H2. The summed E-state index contributed by atoms with van der Waals surface area (Å²) in [7, 11) is 0. The van der Waals surface area contributed by atoms with Crippen molar-refractivity contribution < 1.29 is 19.7 Å². The summed E-state index contributed by atoms with van der Waals surface area (Å²) in [5, 5.41) is 20.9. The van der Waals surface area contributed by atoms with E-state index in [-0.39, 0.29) is 30.8 Å². The summed E-state index contributed by atoms with van der Waals surface area (Å²) in [6, 6.07) is 8.74. The molecule has 33 heavy (non-hydrogen) atoms. The van der Waals surface area contributed by atoms with Crippen molar-refractivity contribution in [1.82, 2.24) is 0 Å². The van der Waals surface area contributed by atoms with Crippen LogP contribution in [0.1, 0.15) is 51.4 Å². The number of fused-ring (bicyclic) bond motifs is 2. The summed E-state index contributed by atoms with van der Waals surface area (Å²) in [6.07, 6.45) is 19.6. The summed E-state index contributed by atoms with van der Waals surface area (Å²) in [4.78, 5) is 0. The van der Waals surface area contributed by atoms with E-state index >= 15 is 0 Å². The Labute approximate surface area is 197 Å². The maximum atomic E-state index is 9.13. The highest BCUT2D eigenvalue weighted by Crippen LogP contribution is 2.54. The number of hydrogen-bond donors (Lipinski definition) is 2. The number of hydrogen-bond acceptors (Lipinski definition) is 4. The molecule has 0 bridgehead atoms. The van der Waals surface area contributed by atoms with E-state index in [0.29, 0.717) is 25.0 Å². The van der Waals surface area contributed by atoms with Crippen LogP contribution in [0.15, 0.2) is 48.1 Å². The first-order valence-electron chi connectivity index (χ1n) is 12.9. The van der Waals surface area contributed by atoms with Gasteiger partial charge in [0.05, 0.1) is 38.6 Å². The van der Waals surface area contributed by atoms with Gasteiger partial charge in [0, 0.05) is 5.41 Å². The Morgan fingerprint density at radius 1 is 0.788 bits per heavy atom. The van der Waals surface area contributed by atoms with Crippen LogP contribution in [0.3, 0.4) is 0 Å². The van der Waals surface area contributed by atoms with Crippen LogP contribution in [0.25, 0.3) is 11.6 Å². The minimum absolute atomic E-state index is 0.0846. The molecule has 4 aliphatic carbocycles. The fourth-order valence-corrected chi connectivity index (χ4v) is 6.86. The van der Waals surface area contributed by atoms with Gasteiger partial charge in [-0.25, -0.2) is 0 Å². The molecule has 0 unspecified atom stereocenters. The van der Waals surface area contributed by atoms with Crippen molar-refractivity contribution in [3.8, 4) is 0 Å². The molecule has 0 aliphatic heterocycles. The Balaban J connectivity index is 1.41. The van der Waals surface area contributed by atoms with Crippen molar-refractivity contribution in [3.63, 3.8) is 0 Å². The van der Waals surface area contributed by atoms with Crippen LogP contribution in [0.2, 0.25) is 0 Å². The largest absolute Gasteiger partial charge is 0.394 e. The Kier molecular flexibility index (Phi) is 7.17. The van der Waals surface area contributed by atoms with Crippen LogP contribution in [0.4, 0.5) is 0 Å². The van der Waals surface area contributed by atoms with Gasteiger partial charge in [0.15, 0.2) is 0 Å². The normalized spacial score (nSPS) is 33.3. The van der Waals surface area contributed by atoms with Crippen LogP contribution >= 0.6 is 0 Å². The van der Waals surface area contributed by atoms with Crippen LogP contribution in [0.5, 0.6) is 0 Å². The molecule has 5 rings (SSSR count). The molecule has 4 nitrogen and oxygen atoms in total. The number of allylic oxidation sites excluding steroid dienone is 4. The number of aliphatic hydroxyl groups excluding tert-OH is 2. The summed E-state index contributed by atoms with van der Waals surface area (Å²) in [5.74, 6) is 1.24. The van der Waals surface area contributed by atoms with Crippen molar-refractivity contribution in [1.29, 1.82) is 0 Å². The fourth-order valence-electron chi connectivity index (χ4n) is 6.86. The zero-order valence-corrected chi connectivity index (χ0v) is 19.6. The zero-order chi connectivity index (χ0) is 22.7. The molecule has 0 heterocycles. The quantitative estimate of drug-likeness (QED) is 0.638. The Hall–Kier alpha value is -1.72. The molecule has 2 saturated carbocycles. The number of aliphatic hydroxyl groups is 2. The van der Waals surface area contributed by atoms with Gasteiger partial charge >= 0.3 is 0 Å². The summed E-state index contributed by atoms with van der Waals surface area (Å²) >= 11 is 0. The van der Waals surface area contributed by atoms with Gasteiger partial charge < -0.3 is 19.7 Å². The molecular weight excluding hydrogens is 412 g/mol. The summed E-state index contributed by atoms with van der Waals surface area (Å²) < 4.78 is 11.8. The predicted octanol–water partition coefficient (Wildman–Crippen LogP) is 3.25. The molecule has 178 valence electrons. The maximum Gasteiger partial charge on any atom is 0.0701 e. The molecule has 0 aromatic heterocycles. The summed E-state index contributed by atoms with van der Waals surface area (Å²) in [6.45, 7) is 1.12. The van der Waals surface area contributed by atoms with Crippen LogP contribution in [-0.2, 0) is 9.47 Å². The number of benzene rings is 1. The smallest absolute Gasteiger partial charge is 0.0701 e. The minimum atomic E-state index is 0.0846. The third-order valence-electron chi connectivity index (χ3n) is 8.47. The van der Waals surface area contributed by atoms with Crippen molar-refractivity contribution >= 4 is 11.6 Å². The first kappa shape index (κ1) is 23.0. The SMILES string of the molecule is OCCOC1CCC(C2(C3CCC(OCCO)CC3)C=CC3=c4ccccc4=CC3=C2)CC1. The molecule has 1 aromatic carbocycles. The van der Waals surface area contributed by atoms with Crippen molar-refractivity contribution in [2.45, 2.75) is 63.6 Å². The average Bonchev–Trinajstić information content (AvgIpc) is 3.24. The van der Waals surface area contributed by atoms with E-state index in [9.17, 15) is 0 Å². The van der Waals surface area contributed by atoms with Crippen LogP contribution < -0.4 is 10.4 Å². The zero-order valence-electron chi connectivity index (χ0n) is 19.6. The van der Waals surface area contributed by atoms with Gasteiger partial charge in [-0.2, -0.15) is 0 Å². The van der Waals surface area contributed by atoms with Gasteiger partial charge in [0.25, 0.3) is 0 Å². The second kappa shape index (κ2) is 10.3. The molecule has 0 saturated heterocycles. The molecular formula is C29H38O4. The molecule has 4 aliphatic rings. The average molecular weight is 451 g/mol. The highest BCUT2D eigenvalue weighted by atomic mass is 16.5. The van der Waals surface area contributed by atoms with Gasteiger partial charge in [-0.3, -0.25) is 0 Å². The molecule has 0 radical (unpaired) electrons. The van der Waals surface area contributed by atoms with Crippen molar-refractivity contribution in [2.75, 3.05) is 26.4 Å². The lowest BCUT2D eigenvalue weighted by Gasteiger charge is -2.49. The van der Waals surface area contributed by atoms with E-state index in [4.69, 9.17) is 19.7 Å². The number of ether oxygens (including phenoxy) is 2. The van der Waals surface area contributed by atoms with Gasteiger partial charge in [0.2, 0.25) is 0 Å². The third kappa shape index (κ3) is 4.64. The van der Waals surface area contributed by atoms with E-state index < -0.39 is 0 Å². The highest BCUT2D eigenvalue weighted by molar-refractivity contribution is 5.88. The van der Waals surface area contributed by atoms with Crippen LogP contribution in [0, 0.1) is 17.3 Å². The Morgan fingerprint density at radius 2 is 1.36 bits per heavy atom. The molecule has 4 heteroatoms. The van der Waals surface area contributed by atoms with Crippen molar-refractivity contribution in [3.05, 3.63) is 58.5 Å². The van der Waals surface area contributed by atoms with E-state index in [1.54, 1.807) is 0 Å². The predicted molar refractivity (Wildman–Crippen MR) is 131 cm³/mol. The second-order valence-electron chi connectivity index (χ2n) is 10.2. The molecule has 2 N–H and O–H groups in total. The number of rotatable bonds is 8. The van der Waals surface area contributed by atoms with Gasteiger partial charge in [-0.15, -0.1) is 0 Å². The lowest BCUT2D eigenvalue weighted by atomic mass is 9.56. The summed E-state index contributed by atoms with van der Waals surface area (Å²) in [5.41, 5.74) is 2.86. The second-order valence-corrected chi connectivity index (χ2v) is 10.2. The third-order valence-corrected chi connectivity index (χ3v) is 8.47. The molecule has 1 aromatic rings. The van der Waals surface area contributed by atoms with E-state index in [2.05, 4.69) is 48.6 Å².